The number of hydrogen-bond acceptors (Lipinski definition) is 2. The van der Waals surface area contributed by atoms with E-state index in [1.807, 2.05) is 52.0 Å². The van der Waals surface area contributed by atoms with Gasteiger partial charge in [-0.3, -0.25) is 0 Å². The standard InChI is InChI=1S/C17H24O2/c1-6-8-12(3)17-13(4)10-15(11-16(17)18)19-14(5)9-7-2/h6-12,14,18H,1-5H3. The highest BCUT2D eigenvalue weighted by Crippen LogP contribution is 2.34. The minimum atomic E-state index is 0.00242. The Kier molecular flexibility index (Phi) is 5.68. The summed E-state index contributed by atoms with van der Waals surface area (Å²) >= 11 is 0. The third kappa shape index (κ3) is 4.16. The first-order valence-corrected chi connectivity index (χ1v) is 6.75. The second-order valence-electron chi connectivity index (χ2n) is 4.84. The molecule has 0 amide bonds. The van der Waals surface area contributed by atoms with Crippen LogP contribution in [0, 0.1) is 6.92 Å². The van der Waals surface area contributed by atoms with Crippen LogP contribution in [0.4, 0.5) is 0 Å². The highest BCUT2D eigenvalue weighted by Gasteiger charge is 2.13. The Balaban J connectivity index is 3.03. The topological polar surface area (TPSA) is 29.5 Å². The van der Waals surface area contributed by atoms with Crippen molar-refractivity contribution < 1.29 is 9.84 Å². The van der Waals surface area contributed by atoms with Gasteiger partial charge in [0.2, 0.25) is 0 Å². The van der Waals surface area contributed by atoms with E-state index in [9.17, 15) is 5.11 Å². The average molecular weight is 260 g/mol. The van der Waals surface area contributed by atoms with Crippen molar-refractivity contribution >= 4 is 0 Å². The largest absolute Gasteiger partial charge is 0.507 e. The molecule has 0 aliphatic carbocycles. The number of phenolic OH excluding ortho intramolecular Hbond substituents is 1. The summed E-state index contributed by atoms with van der Waals surface area (Å²) in [5, 5.41) is 10.2. The van der Waals surface area contributed by atoms with Crippen LogP contribution in [-0.4, -0.2) is 11.2 Å². The van der Waals surface area contributed by atoms with Crippen LogP contribution in [0.3, 0.4) is 0 Å². The molecule has 1 rings (SSSR count). The molecule has 0 aliphatic heterocycles. The molecule has 0 radical (unpaired) electrons. The number of allylic oxidation sites excluding steroid dienone is 3. The predicted octanol–water partition coefficient (Wildman–Crippen LogP) is 4.72. The third-order valence-corrected chi connectivity index (χ3v) is 3.06. The number of rotatable bonds is 5. The third-order valence-electron chi connectivity index (χ3n) is 3.06. The summed E-state index contributed by atoms with van der Waals surface area (Å²) in [6.07, 6.45) is 8.01. The van der Waals surface area contributed by atoms with Gasteiger partial charge in [-0.2, -0.15) is 0 Å². The Morgan fingerprint density at radius 2 is 1.74 bits per heavy atom. The molecule has 0 bridgehead atoms. The Morgan fingerprint density at radius 1 is 1.11 bits per heavy atom. The first-order chi connectivity index (χ1) is 8.99. The Morgan fingerprint density at radius 3 is 2.26 bits per heavy atom. The maximum Gasteiger partial charge on any atom is 0.124 e. The van der Waals surface area contributed by atoms with Crippen LogP contribution >= 0.6 is 0 Å². The lowest BCUT2D eigenvalue weighted by Crippen LogP contribution is -2.08. The molecule has 0 saturated carbocycles. The van der Waals surface area contributed by atoms with E-state index in [0.29, 0.717) is 11.5 Å². The summed E-state index contributed by atoms with van der Waals surface area (Å²) < 4.78 is 5.75. The first kappa shape index (κ1) is 15.4. The summed E-state index contributed by atoms with van der Waals surface area (Å²) in [7, 11) is 0. The van der Waals surface area contributed by atoms with Crippen molar-refractivity contribution in [1.82, 2.24) is 0 Å². The minimum Gasteiger partial charge on any atom is -0.507 e. The molecule has 0 heterocycles. The molecule has 2 atom stereocenters. The van der Waals surface area contributed by atoms with Gasteiger partial charge in [0.15, 0.2) is 0 Å². The van der Waals surface area contributed by atoms with E-state index in [1.165, 1.54) is 0 Å². The first-order valence-electron chi connectivity index (χ1n) is 6.75. The molecule has 1 aromatic carbocycles. The maximum absolute atomic E-state index is 10.2. The fourth-order valence-corrected chi connectivity index (χ4v) is 2.32. The summed E-state index contributed by atoms with van der Waals surface area (Å²) in [5.41, 5.74) is 2.01. The molecule has 104 valence electrons. The summed E-state index contributed by atoms with van der Waals surface area (Å²) in [5.74, 6) is 1.21. The molecule has 0 aromatic heterocycles. The SMILES string of the molecule is CC=CC(C)Oc1cc(C)c(C(C)C=CC)c(O)c1. The van der Waals surface area contributed by atoms with E-state index in [1.54, 1.807) is 6.07 Å². The molecule has 2 nitrogen and oxygen atoms in total. The Labute approximate surface area is 116 Å². The van der Waals surface area contributed by atoms with E-state index in [4.69, 9.17) is 4.74 Å². The van der Waals surface area contributed by atoms with Crippen molar-refractivity contribution in [2.24, 2.45) is 0 Å². The van der Waals surface area contributed by atoms with E-state index in [0.717, 1.165) is 11.1 Å². The van der Waals surface area contributed by atoms with E-state index in [-0.39, 0.29) is 12.0 Å². The lowest BCUT2D eigenvalue weighted by Gasteiger charge is -2.17. The van der Waals surface area contributed by atoms with Crippen LogP contribution in [0.5, 0.6) is 11.5 Å². The number of ether oxygens (including phenoxy) is 1. The number of phenols is 1. The fraction of sp³-hybridized carbons (Fsp3) is 0.412. The second kappa shape index (κ2) is 7.03. The zero-order chi connectivity index (χ0) is 14.4. The molecule has 0 spiro atoms. The van der Waals surface area contributed by atoms with Gasteiger partial charge in [0.25, 0.3) is 0 Å². The molecular weight excluding hydrogens is 236 g/mol. The van der Waals surface area contributed by atoms with E-state index in [2.05, 4.69) is 13.0 Å². The molecule has 0 fully saturated rings. The van der Waals surface area contributed by atoms with Crippen LogP contribution in [0.1, 0.15) is 44.7 Å². The van der Waals surface area contributed by atoms with Crippen LogP contribution in [0.25, 0.3) is 0 Å². The zero-order valence-electron chi connectivity index (χ0n) is 12.5. The van der Waals surface area contributed by atoms with Crippen molar-refractivity contribution in [3.63, 3.8) is 0 Å². The van der Waals surface area contributed by atoms with Crippen LogP contribution < -0.4 is 4.74 Å². The van der Waals surface area contributed by atoms with Gasteiger partial charge in [-0.05, 0) is 45.4 Å². The quantitative estimate of drug-likeness (QED) is 0.776. The van der Waals surface area contributed by atoms with Gasteiger partial charge in [0.1, 0.15) is 17.6 Å². The van der Waals surface area contributed by atoms with Crippen molar-refractivity contribution in [3.05, 3.63) is 47.6 Å². The smallest absolute Gasteiger partial charge is 0.124 e. The molecule has 0 saturated heterocycles. The zero-order valence-corrected chi connectivity index (χ0v) is 12.5. The number of hydrogen-bond donors (Lipinski definition) is 1. The van der Waals surface area contributed by atoms with Crippen molar-refractivity contribution in [3.8, 4) is 11.5 Å². The minimum absolute atomic E-state index is 0.00242. The lowest BCUT2D eigenvalue weighted by atomic mass is 9.94. The lowest BCUT2D eigenvalue weighted by molar-refractivity contribution is 0.268. The molecule has 2 unspecified atom stereocenters. The molecule has 1 aromatic rings. The Hall–Kier alpha value is -1.70. The molecule has 19 heavy (non-hydrogen) atoms. The average Bonchev–Trinajstić information content (AvgIpc) is 2.28. The monoisotopic (exact) mass is 260 g/mol. The van der Waals surface area contributed by atoms with Gasteiger partial charge in [-0.25, -0.2) is 0 Å². The molecule has 0 aliphatic rings. The van der Waals surface area contributed by atoms with E-state index >= 15 is 0 Å². The van der Waals surface area contributed by atoms with Gasteiger partial charge in [0, 0.05) is 17.5 Å². The molecule has 1 N–H and O–H groups in total. The summed E-state index contributed by atoms with van der Waals surface area (Å²) in [6, 6.07) is 3.68. The van der Waals surface area contributed by atoms with Crippen LogP contribution in [-0.2, 0) is 0 Å². The van der Waals surface area contributed by atoms with Gasteiger partial charge < -0.3 is 9.84 Å². The van der Waals surface area contributed by atoms with Crippen LogP contribution in [0.15, 0.2) is 36.4 Å². The number of aromatic hydroxyl groups is 1. The van der Waals surface area contributed by atoms with Crippen molar-refractivity contribution in [2.75, 3.05) is 0 Å². The van der Waals surface area contributed by atoms with Crippen molar-refractivity contribution in [2.45, 2.75) is 46.6 Å². The number of aryl methyl sites for hydroxylation is 1. The maximum atomic E-state index is 10.2. The second-order valence-corrected chi connectivity index (χ2v) is 4.84. The van der Waals surface area contributed by atoms with Gasteiger partial charge in [-0.1, -0.05) is 25.2 Å². The normalized spacial score (nSPS) is 15.0. The fourth-order valence-electron chi connectivity index (χ4n) is 2.32. The molecular formula is C17H24O2. The highest BCUT2D eigenvalue weighted by atomic mass is 16.5. The van der Waals surface area contributed by atoms with Crippen LogP contribution in [0.2, 0.25) is 0 Å². The summed E-state index contributed by atoms with van der Waals surface area (Å²) in [6.45, 7) is 10.00. The Bertz CT molecular complexity index is 449. The summed E-state index contributed by atoms with van der Waals surface area (Å²) in [4.78, 5) is 0. The predicted molar refractivity (Wildman–Crippen MR) is 81.0 cm³/mol. The van der Waals surface area contributed by atoms with Gasteiger partial charge in [0.05, 0.1) is 0 Å². The van der Waals surface area contributed by atoms with E-state index < -0.39 is 0 Å². The number of benzene rings is 1. The van der Waals surface area contributed by atoms with Gasteiger partial charge in [-0.15, -0.1) is 0 Å². The van der Waals surface area contributed by atoms with Crippen molar-refractivity contribution in [1.29, 1.82) is 0 Å². The van der Waals surface area contributed by atoms with Gasteiger partial charge >= 0.3 is 0 Å². The highest BCUT2D eigenvalue weighted by molar-refractivity contribution is 5.48. The molecule has 2 heteroatoms.